The number of fused-ring (bicyclic) bond motifs is 1. The third-order valence-electron chi connectivity index (χ3n) is 5.54. The summed E-state index contributed by atoms with van der Waals surface area (Å²) in [4.78, 5) is 23.4. The van der Waals surface area contributed by atoms with Crippen LogP contribution in [0.3, 0.4) is 0 Å². The van der Waals surface area contributed by atoms with Crippen molar-refractivity contribution in [3.8, 4) is 16.9 Å². The van der Waals surface area contributed by atoms with Crippen LogP contribution in [0.5, 0.6) is 5.75 Å². The van der Waals surface area contributed by atoms with Crippen molar-refractivity contribution in [3.05, 3.63) is 42.5 Å². The standard InChI is InChI=1S/C21H25N3O2/c1-15-13-26-20-8-7-17(19-10-22-14-23-11-19)9-18(20)12-24(15)21(25)16-5-3-2-4-6-16/h7-11,14-16H,2-6,12-13H2,1H3/t15-/m1/s1. The SMILES string of the molecule is C[C@@H]1COc2ccc(-c3cncnc3)cc2CN1C(=O)C1CCCCC1. The minimum absolute atomic E-state index is 0.0836. The Hall–Kier alpha value is -2.43. The molecule has 1 aromatic heterocycles. The van der Waals surface area contributed by atoms with Crippen LogP contribution in [-0.2, 0) is 11.3 Å². The van der Waals surface area contributed by atoms with E-state index in [1.54, 1.807) is 12.4 Å². The molecule has 1 aliphatic heterocycles. The van der Waals surface area contributed by atoms with Crippen LogP contribution in [0.25, 0.3) is 11.1 Å². The van der Waals surface area contributed by atoms with Crippen LogP contribution < -0.4 is 4.74 Å². The lowest BCUT2D eigenvalue weighted by Crippen LogP contribution is -2.43. The van der Waals surface area contributed by atoms with Gasteiger partial charge in [-0.3, -0.25) is 4.79 Å². The third kappa shape index (κ3) is 3.43. The van der Waals surface area contributed by atoms with Gasteiger partial charge >= 0.3 is 0 Å². The normalized spacial score (nSPS) is 20.8. The number of ether oxygens (including phenoxy) is 1. The molecule has 0 radical (unpaired) electrons. The first-order valence-electron chi connectivity index (χ1n) is 9.54. The number of hydrogen-bond acceptors (Lipinski definition) is 4. The van der Waals surface area contributed by atoms with E-state index in [-0.39, 0.29) is 12.0 Å². The largest absolute Gasteiger partial charge is 0.491 e. The number of carbonyl (C=O) groups is 1. The van der Waals surface area contributed by atoms with E-state index in [4.69, 9.17) is 4.74 Å². The Morgan fingerprint density at radius 1 is 1.12 bits per heavy atom. The molecule has 0 saturated heterocycles. The van der Waals surface area contributed by atoms with Crippen molar-refractivity contribution in [2.24, 2.45) is 5.92 Å². The van der Waals surface area contributed by atoms with Crippen LogP contribution in [0.4, 0.5) is 0 Å². The van der Waals surface area contributed by atoms with Gasteiger partial charge in [-0.1, -0.05) is 25.3 Å². The molecule has 1 fully saturated rings. The smallest absolute Gasteiger partial charge is 0.226 e. The zero-order valence-corrected chi connectivity index (χ0v) is 15.2. The fraction of sp³-hybridized carbons (Fsp3) is 0.476. The lowest BCUT2D eigenvalue weighted by Gasteiger charge is -2.32. The van der Waals surface area contributed by atoms with E-state index >= 15 is 0 Å². The second-order valence-electron chi connectivity index (χ2n) is 7.41. The average molecular weight is 351 g/mol. The Kier molecular flexibility index (Phi) is 4.87. The van der Waals surface area contributed by atoms with Crippen LogP contribution in [0.1, 0.15) is 44.6 Å². The third-order valence-corrected chi connectivity index (χ3v) is 5.54. The molecular weight excluding hydrogens is 326 g/mol. The highest BCUT2D eigenvalue weighted by Crippen LogP contribution is 2.32. The summed E-state index contributed by atoms with van der Waals surface area (Å²) in [5, 5.41) is 0. The molecule has 2 aromatic rings. The summed E-state index contributed by atoms with van der Waals surface area (Å²) in [6.45, 7) is 3.23. The lowest BCUT2D eigenvalue weighted by molar-refractivity contribution is -0.139. The number of aromatic nitrogens is 2. The Morgan fingerprint density at radius 3 is 2.65 bits per heavy atom. The van der Waals surface area contributed by atoms with Gasteiger partial charge in [-0.15, -0.1) is 0 Å². The molecule has 5 nitrogen and oxygen atoms in total. The Labute approximate surface area is 154 Å². The van der Waals surface area contributed by atoms with Crippen molar-refractivity contribution in [1.82, 2.24) is 14.9 Å². The van der Waals surface area contributed by atoms with Crippen molar-refractivity contribution in [1.29, 1.82) is 0 Å². The topological polar surface area (TPSA) is 55.3 Å². The first-order chi connectivity index (χ1) is 12.7. The van der Waals surface area contributed by atoms with Gasteiger partial charge in [0, 0.05) is 36.0 Å². The van der Waals surface area contributed by atoms with Crippen molar-refractivity contribution >= 4 is 5.91 Å². The second kappa shape index (κ2) is 7.44. The molecule has 0 bridgehead atoms. The maximum absolute atomic E-state index is 13.1. The molecule has 136 valence electrons. The molecule has 1 aromatic carbocycles. The number of benzene rings is 1. The molecule has 4 rings (SSSR count). The van der Waals surface area contributed by atoms with E-state index < -0.39 is 0 Å². The van der Waals surface area contributed by atoms with Gasteiger partial charge in [0.25, 0.3) is 0 Å². The van der Waals surface area contributed by atoms with Crippen LogP contribution >= 0.6 is 0 Å². The molecule has 5 heteroatoms. The Balaban J connectivity index is 1.61. The maximum Gasteiger partial charge on any atom is 0.226 e. The summed E-state index contributed by atoms with van der Waals surface area (Å²) in [5.41, 5.74) is 3.07. The highest BCUT2D eigenvalue weighted by Gasteiger charge is 2.31. The zero-order valence-electron chi connectivity index (χ0n) is 15.2. The first kappa shape index (κ1) is 17.0. The van der Waals surface area contributed by atoms with Crippen molar-refractivity contribution in [2.45, 2.75) is 51.6 Å². The molecule has 2 heterocycles. The number of amides is 1. The molecular formula is C21H25N3O2. The fourth-order valence-electron chi connectivity index (χ4n) is 3.99. The van der Waals surface area contributed by atoms with E-state index in [0.29, 0.717) is 19.1 Å². The van der Waals surface area contributed by atoms with Crippen molar-refractivity contribution in [3.63, 3.8) is 0 Å². The van der Waals surface area contributed by atoms with Gasteiger partial charge in [0.2, 0.25) is 5.91 Å². The number of nitrogens with zero attached hydrogens (tertiary/aromatic N) is 3. The minimum Gasteiger partial charge on any atom is -0.491 e. The van der Waals surface area contributed by atoms with Gasteiger partial charge in [-0.05, 0) is 37.5 Å². The monoisotopic (exact) mass is 351 g/mol. The number of rotatable bonds is 2. The van der Waals surface area contributed by atoms with E-state index in [1.165, 1.54) is 25.6 Å². The zero-order chi connectivity index (χ0) is 17.9. The predicted molar refractivity (Wildman–Crippen MR) is 99.6 cm³/mol. The van der Waals surface area contributed by atoms with Crippen LogP contribution in [0, 0.1) is 5.92 Å². The van der Waals surface area contributed by atoms with Gasteiger partial charge in [0.1, 0.15) is 18.7 Å². The van der Waals surface area contributed by atoms with E-state index in [1.807, 2.05) is 17.0 Å². The molecule has 0 unspecified atom stereocenters. The Bertz CT molecular complexity index is 772. The summed E-state index contributed by atoms with van der Waals surface area (Å²) in [6.07, 6.45) is 10.8. The highest BCUT2D eigenvalue weighted by molar-refractivity contribution is 5.79. The van der Waals surface area contributed by atoms with E-state index in [0.717, 1.165) is 35.3 Å². The Morgan fingerprint density at radius 2 is 1.88 bits per heavy atom. The van der Waals surface area contributed by atoms with Crippen molar-refractivity contribution in [2.75, 3.05) is 6.61 Å². The number of hydrogen-bond donors (Lipinski definition) is 0. The van der Waals surface area contributed by atoms with Crippen LogP contribution in [-0.4, -0.2) is 33.4 Å². The lowest BCUT2D eigenvalue weighted by atomic mass is 9.88. The van der Waals surface area contributed by atoms with Crippen molar-refractivity contribution < 1.29 is 9.53 Å². The summed E-state index contributed by atoms with van der Waals surface area (Å²) in [5.74, 6) is 1.34. The average Bonchev–Trinajstić information content (AvgIpc) is 2.87. The molecule has 1 aliphatic carbocycles. The van der Waals surface area contributed by atoms with Gasteiger partial charge in [-0.25, -0.2) is 9.97 Å². The highest BCUT2D eigenvalue weighted by atomic mass is 16.5. The molecule has 26 heavy (non-hydrogen) atoms. The molecule has 2 aliphatic rings. The molecule has 0 spiro atoms. The molecule has 1 amide bonds. The molecule has 0 N–H and O–H groups in total. The number of carbonyl (C=O) groups excluding carboxylic acids is 1. The maximum atomic E-state index is 13.1. The fourth-order valence-corrected chi connectivity index (χ4v) is 3.99. The van der Waals surface area contributed by atoms with Gasteiger partial charge < -0.3 is 9.64 Å². The molecule has 1 atom stereocenters. The summed E-state index contributed by atoms with van der Waals surface area (Å²) in [6, 6.07) is 6.22. The summed E-state index contributed by atoms with van der Waals surface area (Å²) < 4.78 is 5.99. The molecule has 1 saturated carbocycles. The minimum atomic E-state index is 0.0836. The van der Waals surface area contributed by atoms with Crippen LogP contribution in [0.15, 0.2) is 36.9 Å². The van der Waals surface area contributed by atoms with Crippen LogP contribution in [0.2, 0.25) is 0 Å². The van der Waals surface area contributed by atoms with E-state index in [9.17, 15) is 4.79 Å². The summed E-state index contributed by atoms with van der Waals surface area (Å²) in [7, 11) is 0. The second-order valence-corrected chi connectivity index (χ2v) is 7.41. The predicted octanol–water partition coefficient (Wildman–Crippen LogP) is 3.83. The van der Waals surface area contributed by atoms with Gasteiger partial charge in [-0.2, -0.15) is 0 Å². The summed E-state index contributed by atoms with van der Waals surface area (Å²) >= 11 is 0. The quantitative estimate of drug-likeness (QED) is 0.825. The van der Waals surface area contributed by atoms with E-state index in [2.05, 4.69) is 23.0 Å². The van der Waals surface area contributed by atoms with Gasteiger partial charge in [0.05, 0.1) is 6.04 Å². The first-order valence-corrected chi connectivity index (χ1v) is 9.54. The van der Waals surface area contributed by atoms with Gasteiger partial charge in [0.15, 0.2) is 0 Å².